The first kappa shape index (κ1) is 13.7. The summed E-state index contributed by atoms with van der Waals surface area (Å²) in [5, 5.41) is 0. The fraction of sp³-hybridized carbons (Fsp3) is 1.00. The van der Waals surface area contributed by atoms with Gasteiger partial charge >= 0.3 is 0 Å². The number of methoxy groups -OCH3 is 1. The maximum Gasteiger partial charge on any atom is 0.189 e. The molecule has 6 heteroatoms. The van der Waals surface area contributed by atoms with Crippen molar-refractivity contribution in [3.63, 3.8) is 0 Å². The summed E-state index contributed by atoms with van der Waals surface area (Å²) in [5.74, 6) is -1.32. The van der Waals surface area contributed by atoms with Crippen LogP contribution in [-0.2, 0) is 28.4 Å². The van der Waals surface area contributed by atoms with Crippen LogP contribution in [0.1, 0.15) is 27.7 Å². The molecule has 0 saturated carbocycles. The van der Waals surface area contributed by atoms with Gasteiger partial charge in [0.1, 0.15) is 24.4 Å². The topological polar surface area (TPSA) is 55.4 Å². The van der Waals surface area contributed by atoms with Crippen LogP contribution in [0.4, 0.5) is 0 Å². The molecule has 0 aromatic heterocycles. The van der Waals surface area contributed by atoms with E-state index in [1.54, 1.807) is 7.11 Å². The molecule has 0 spiro atoms. The molecular weight excluding hydrogens is 252 g/mol. The summed E-state index contributed by atoms with van der Waals surface area (Å²) in [6.45, 7) is 7.93. The molecule has 0 amide bonds. The van der Waals surface area contributed by atoms with E-state index >= 15 is 0 Å². The Morgan fingerprint density at radius 2 is 1.42 bits per heavy atom. The normalized spacial score (nSPS) is 47.5. The summed E-state index contributed by atoms with van der Waals surface area (Å²) in [4.78, 5) is 0. The van der Waals surface area contributed by atoms with Crippen LogP contribution in [0, 0.1) is 0 Å². The molecule has 6 nitrogen and oxygen atoms in total. The zero-order valence-corrected chi connectivity index (χ0v) is 12.0. The lowest BCUT2D eigenvalue weighted by Crippen LogP contribution is -2.44. The Morgan fingerprint density at radius 1 is 0.842 bits per heavy atom. The van der Waals surface area contributed by atoms with E-state index in [1.807, 2.05) is 27.7 Å². The molecule has 0 bridgehead atoms. The maximum atomic E-state index is 5.98. The van der Waals surface area contributed by atoms with Gasteiger partial charge in [0.15, 0.2) is 17.9 Å². The molecule has 0 unspecified atom stereocenters. The Kier molecular flexibility index (Phi) is 3.16. The zero-order chi connectivity index (χ0) is 13.8. The second-order valence-corrected chi connectivity index (χ2v) is 6.14. The first-order valence-electron chi connectivity index (χ1n) is 6.67. The second-order valence-electron chi connectivity index (χ2n) is 6.14. The van der Waals surface area contributed by atoms with Gasteiger partial charge < -0.3 is 28.4 Å². The van der Waals surface area contributed by atoms with Crippen LogP contribution in [0.5, 0.6) is 0 Å². The van der Waals surface area contributed by atoms with Crippen molar-refractivity contribution in [2.24, 2.45) is 0 Å². The van der Waals surface area contributed by atoms with Crippen molar-refractivity contribution in [2.45, 2.75) is 70.0 Å². The molecule has 3 aliphatic rings. The minimum absolute atomic E-state index is 0.187. The third-order valence-corrected chi connectivity index (χ3v) is 3.67. The zero-order valence-electron chi connectivity index (χ0n) is 12.0. The summed E-state index contributed by atoms with van der Waals surface area (Å²) < 4.78 is 34.8. The highest BCUT2D eigenvalue weighted by Crippen LogP contribution is 2.41. The van der Waals surface area contributed by atoms with Crippen LogP contribution in [0.2, 0.25) is 0 Å². The summed E-state index contributed by atoms with van der Waals surface area (Å²) in [7, 11) is 1.65. The number of hydrogen-bond donors (Lipinski definition) is 0. The molecule has 0 aliphatic carbocycles. The number of hydrogen-bond acceptors (Lipinski definition) is 6. The van der Waals surface area contributed by atoms with Crippen molar-refractivity contribution in [3.8, 4) is 0 Å². The van der Waals surface area contributed by atoms with Crippen LogP contribution in [0.15, 0.2) is 0 Å². The summed E-state index contributed by atoms with van der Waals surface area (Å²) in [6, 6.07) is 0. The van der Waals surface area contributed by atoms with Crippen molar-refractivity contribution in [1.29, 1.82) is 0 Å². The average Bonchev–Trinajstić information content (AvgIpc) is 2.73. The van der Waals surface area contributed by atoms with E-state index in [0.29, 0.717) is 6.61 Å². The van der Waals surface area contributed by atoms with Gasteiger partial charge in [-0.25, -0.2) is 0 Å². The van der Waals surface area contributed by atoms with E-state index < -0.39 is 17.9 Å². The fourth-order valence-electron chi connectivity index (χ4n) is 2.95. The second kappa shape index (κ2) is 4.38. The molecule has 0 aromatic carbocycles. The molecule has 3 rings (SSSR count). The summed E-state index contributed by atoms with van der Waals surface area (Å²) >= 11 is 0. The molecule has 3 fully saturated rings. The Bertz CT molecular complexity index is 355. The van der Waals surface area contributed by atoms with Gasteiger partial charge in [0.05, 0.1) is 6.61 Å². The standard InChI is InChI=1S/C13H22O6/c1-12(2)16-8-7(14-5)6-15-11-10(9(8)17-12)18-13(3,4)19-11/h7-11H,6H2,1-5H3/t7-,8-,9+,10-,11-/m1/s1. The Labute approximate surface area is 113 Å². The van der Waals surface area contributed by atoms with Crippen molar-refractivity contribution in [3.05, 3.63) is 0 Å². The van der Waals surface area contributed by atoms with Crippen LogP contribution in [0.25, 0.3) is 0 Å². The summed E-state index contributed by atoms with van der Waals surface area (Å²) in [5.41, 5.74) is 0. The van der Waals surface area contributed by atoms with Crippen LogP contribution in [-0.4, -0.2) is 56.0 Å². The van der Waals surface area contributed by atoms with Crippen molar-refractivity contribution in [1.82, 2.24) is 0 Å². The molecule has 19 heavy (non-hydrogen) atoms. The molecule has 0 radical (unpaired) electrons. The van der Waals surface area contributed by atoms with Gasteiger partial charge in [-0.15, -0.1) is 0 Å². The van der Waals surface area contributed by atoms with Crippen molar-refractivity contribution in [2.75, 3.05) is 13.7 Å². The molecule has 3 saturated heterocycles. The van der Waals surface area contributed by atoms with Crippen LogP contribution >= 0.6 is 0 Å². The quantitative estimate of drug-likeness (QED) is 0.712. The van der Waals surface area contributed by atoms with Gasteiger partial charge in [0, 0.05) is 7.11 Å². The van der Waals surface area contributed by atoms with Gasteiger partial charge in [-0.3, -0.25) is 0 Å². The first-order chi connectivity index (χ1) is 8.81. The molecule has 0 aromatic rings. The van der Waals surface area contributed by atoms with Gasteiger partial charge in [-0.2, -0.15) is 0 Å². The highest BCUT2D eigenvalue weighted by molar-refractivity contribution is 4.98. The summed E-state index contributed by atoms with van der Waals surface area (Å²) in [6.07, 6.45) is -1.41. The van der Waals surface area contributed by atoms with Gasteiger partial charge in [-0.1, -0.05) is 0 Å². The van der Waals surface area contributed by atoms with Gasteiger partial charge in [0.25, 0.3) is 0 Å². The number of ether oxygens (including phenoxy) is 6. The highest BCUT2D eigenvalue weighted by Gasteiger charge is 2.58. The Hall–Kier alpha value is -0.240. The van der Waals surface area contributed by atoms with Crippen LogP contribution < -0.4 is 0 Å². The SMILES string of the molecule is CO[C@@H]1CO[C@@H]2OC(C)(C)O[C@@H]2[C@H]2OC(C)(C)O[C@@H]21. The predicted molar refractivity (Wildman–Crippen MR) is 64.4 cm³/mol. The van der Waals surface area contributed by atoms with E-state index in [9.17, 15) is 0 Å². The van der Waals surface area contributed by atoms with E-state index in [2.05, 4.69) is 0 Å². The minimum Gasteiger partial charge on any atom is -0.376 e. The lowest BCUT2D eigenvalue weighted by molar-refractivity contribution is -0.206. The smallest absolute Gasteiger partial charge is 0.189 e. The van der Waals surface area contributed by atoms with Crippen LogP contribution in [0.3, 0.4) is 0 Å². The Balaban J connectivity index is 1.87. The molecular formula is C13H22O6. The third kappa shape index (κ3) is 2.41. The van der Waals surface area contributed by atoms with Crippen molar-refractivity contribution >= 4 is 0 Å². The van der Waals surface area contributed by atoms with E-state index in [1.165, 1.54) is 0 Å². The van der Waals surface area contributed by atoms with Gasteiger partial charge in [0.2, 0.25) is 0 Å². The molecule has 3 aliphatic heterocycles. The molecule has 3 heterocycles. The molecule has 110 valence electrons. The number of fused-ring (bicyclic) bond motifs is 3. The average molecular weight is 274 g/mol. The van der Waals surface area contributed by atoms with Gasteiger partial charge in [-0.05, 0) is 27.7 Å². The highest BCUT2D eigenvalue weighted by atomic mass is 16.8. The largest absolute Gasteiger partial charge is 0.376 e. The van der Waals surface area contributed by atoms with Crippen molar-refractivity contribution < 1.29 is 28.4 Å². The minimum atomic E-state index is -0.671. The number of rotatable bonds is 1. The van der Waals surface area contributed by atoms with E-state index in [4.69, 9.17) is 28.4 Å². The first-order valence-corrected chi connectivity index (χ1v) is 6.67. The Morgan fingerprint density at radius 3 is 2.11 bits per heavy atom. The molecule has 5 atom stereocenters. The lowest BCUT2D eigenvalue weighted by Gasteiger charge is -2.25. The monoisotopic (exact) mass is 274 g/mol. The van der Waals surface area contributed by atoms with E-state index in [-0.39, 0.29) is 24.4 Å². The lowest BCUT2D eigenvalue weighted by atomic mass is 10.0. The maximum absolute atomic E-state index is 5.98. The fourth-order valence-corrected chi connectivity index (χ4v) is 2.95. The third-order valence-electron chi connectivity index (χ3n) is 3.67. The molecule has 0 N–H and O–H groups in total. The van der Waals surface area contributed by atoms with E-state index in [0.717, 1.165) is 0 Å². The predicted octanol–water partition coefficient (Wildman–Crippen LogP) is 1.03.